The van der Waals surface area contributed by atoms with Gasteiger partial charge in [-0.1, -0.05) is 0 Å². The fourth-order valence-corrected chi connectivity index (χ4v) is 1.40. The van der Waals surface area contributed by atoms with Crippen LogP contribution in [0.3, 0.4) is 0 Å². The summed E-state index contributed by atoms with van der Waals surface area (Å²) in [4.78, 5) is 36.9. The Morgan fingerprint density at radius 2 is 2.20 bits per heavy atom. The Kier molecular flexibility index (Phi) is 5.44. The number of carbonyl (C=O) groups is 3. The molecule has 0 radical (unpaired) electrons. The van der Waals surface area contributed by atoms with E-state index < -0.39 is 30.4 Å². The van der Waals surface area contributed by atoms with E-state index in [1.165, 1.54) is 11.0 Å². The van der Waals surface area contributed by atoms with E-state index in [-0.39, 0.29) is 6.54 Å². The normalized spacial score (nSPS) is 11.7. The number of rotatable bonds is 7. The van der Waals surface area contributed by atoms with Crippen molar-refractivity contribution in [1.29, 1.82) is 0 Å². The molecule has 0 fully saturated rings. The molecule has 1 rings (SSSR count). The number of aromatic nitrogens is 3. The molecule has 0 saturated heterocycles. The summed E-state index contributed by atoms with van der Waals surface area (Å²) in [5.41, 5.74) is 4.89. The molecule has 10 nitrogen and oxygen atoms in total. The zero-order valence-electron chi connectivity index (χ0n) is 10.9. The molecule has 1 aromatic heterocycles. The fraction of sp³-hybridized carbons (Fsp3) is 0.500. The quantitative estimate of drug-likeness (QED) is 0.453. The van der Waals surface area contributed by atoms with Crippen LogP contribution in [0, 0.1) is 0 Å². The van der Waals surface area contributed by atoms with E-state index in [0.717, 1.165) is 0 Å². The van der Waals surface area contributed by atoms with Crippen LogP contribution in [0.4, 0.5) is 4.79 Å². The van der Waals surface area contributed by atoms with Crippen LogP contribution in [0.5, 0.6) is 0 Å². The number of nitrogens with zero attached hydrogens (tertiary/aromatic N) is 3. The number of primary amides is 1. The van der Waals surface area contributed by atoms with Crippen molar-refractivity contribution >= 4 is 17.9 Å². The van der Waals surface area contributed by atoms with Gasteiger partial charge in [-0.25, -0.2) is 14.6 Å². The highest BCUT2D eigenvalue weighted by molar-refractivity contribution is 5.87. The first-order valence-electron chi connectivity index (χ1n) is 5.78. The molecule has 1 heterocycles. The van der Waals surface area contributed by atoms with Gasteiger partial charge in [0.1, 0.15) is 12.4 Å². The lowest BCUT2D eigenvalue weighted by Gasteiger charge is -2.13. The maximum Gasteiger partial charge on any atom is 0.326 e. The highest BCUT2D eigenvalue weighted by Crippen LogP contribution is 1.92. The van der Waals surface area contributed by atoms with Crippen LogP contribution in [-0.4, -0.2) is 50.4 Å². The standard InChI is InChI=1S/C10H16N6O4/c1-16-5-13-8(15-16)2-3-12-10(20)14-6(9(18)19)4-7(11)17/h5-6H,2-4H2,1H3,(H2,11,17)(H,18,19)(H2,12,14,20). The van der Waals surface area contributed by atoms with Crippen molar-refractivity contribution in [2.45, 2.75) is 18.9 Å². The summed E-state index contributed by atoms with van der Waals surface area (Å²) in [6.07, 6.45) is 1.47. The minimum Gasteiger partial charge on any atom is -0.480 e. The van der Waals surface area contributed by atoms with Crippen LogP contribution in [0.15, 0.2) is 6.33 Å². The number of amides is 3. The molecule has 3 amide bonds. The average Bonchev–Trinajstić information content (AvgIpc) is 2.73. The number of nitrogens with two attached hydrogens (primary N) is 1. The molecule has 10 heteroatoms. The van der Waals surface area contributed by atoms with Gasteiger partial charge in [0.25, 0.3) is 0 Å². The Hall–Kier alpha value is -2.65. The van der Waals surface area contributed by atoms with Gasteiger partial charge in [0, 0.05) is 20.0 Å². The molecule has 0 aliphatic heterocycles. The number of carboxylic acids is 1. The van der Waals surface area contributed by atoms with Crippen molar-refractivity contribution in [3.8, 4) is 0 Å². The number of carbonyl (C=O) groups excluding carboxylic acids is 2. The molecular formula is C10H16N6O4. The summed E-state index contributed by atoms with van der Waals surface area (Å²) >= 11 is 0. The predicted octanol–water partition coefficient (Wildman–Crippen LogP) is -2.01. The topological polar surface area (TPSA) is 152 Å². The molecule has 1 unspecified atom stereocenters. The van der Waals surface area contributed by atoms with Crippen LogP contribution in [0.2, 0.25) is 0 Å². The van der Waals surface area contributed by atoms with Gasteiger partial charge in [0.05, 0.1) is 6.42 Å². The van der Waals surface area contributed by atoms with Crippen LogP contribution in [0.25, 0.3) is 0 Å². The number of aliphatic carboxylic acids is 1. The van der Waals surface area contributed by atoms with E-state index in [2.05, 4.69) is 20.7 Å². The van der Waals surface area contributed by atoms with Crippen LogP contribution >= 0.6 is 0 Å². The molecule has 1 aromatic rings. The molecule has 20 heavy (non-hydrogen) atoms. The Bertz CT molecular complexity index is 500. The minimum atomic E-state index is -1.35. The van der Waals surface area contributed by atoms with Gasteiger partial charge in [-0.3, -0.25) is 9.48 Å². The van der Waals surface area contributed by atoms with Gasteiger partial charge in [-0.2, -0.15) is 5.10 Å². The van der Waals surface area contributed by atoms with Crippen molar-refractivity contribution in [3.63, 3.8) is 0 Å². The lowest BCUT2D eigenvalue weighted by molar-refractivity contribution is -0.140. The number of urea groups is 1. The number of hydrogen-bond acceptors (Lipinski definition) is 5. The van der Waals surface area contributed by atoms with Crippen molar-refractivity contribution < 1.29 is 19.5 Å². The summed E-state index contributed by atoms with van der Waals surface area (Å²) in [5.74, 6) is -1.58. The maximum absolute atomic E-state index is 11.5. The lowest BCUT2D eigenvalue weighted by Crippen LogP contribution is -2.48. The maximum atomic E-state index is 11.5. The number of nitrogens with one attached hydrogen (secondary N) is 2. The van der Waals surface area contributed by atoms with E-state index in [1.54, 1.807) is 7.05 Å². The first kappa shape index (κ1) is 15.4. The molecule has 0 saturated carbocycles. The first-order valence-corrected chi connectivity index (χ1v) is 5.78. The van der Waals surface area contributed by atoms with Gasteiger partial charge in [-0.15, -0.1) is 0 Å². The van der Waals surface area contributed by atoms with E-state index in [9.17, 15) is 14.4 Å². The molecule has 0 aliphatic rings. The number of carboxylic acid groups (broad SMARTS) is 1. The van der Waals surface area contributed by atoms with Crippen LogP contribution in [0.1, 0.15) is 12.2 Å². The second-order valence-electron chi connectivity index (χ2n) is 4.05. The molecular weight excluding hydrogens is 268 g/mol. The van der Waals surface area contributed by atoms with E-state index in [0.29, 0.717) is 12.2 Å². The zero-order chi connectivity index (χ0) is 15.1. The third-order valence-electron chi connectivity index (χ3n) is 2.29. The van der Waals surface area contributed by atoms with Gasteiger partial charge in [0.15, 0.2) is 5.82 Å². The van der Waals surface area contributed by atoms with Crippen LogP contribution < -0.4 is 16.4 Å². The largest absolute Gasteiger partial charge is 0.480 e. The molecule has 0 aliphatic carbocycles. The van der Waals surface area contributed by atoms with E-state index in [1.807, 2.05) is 0 Å². The van der Waals surface area contributed by atoms with Gasteiger partial charge < -0.3 is 21.5 Å². The van der Waals surface area contributed by atoms with Gasteiger partial charge >= 0.3 is 12.0 Å². The Labute approximate surface area is 114 Å². The summed E-state index contributed by atoms with van der Waals surface area (Å²) in [7, 11) is 1.72. The summed E-state index contributed by atoms with van der Waals surface area (Å²) < 4.78 is 1.53. The highest BCUT2D eigenvalue weighted by Gasteiger charge is 2.21. The second kappa shape index (κ2) is 7.07. The van der Waals surface area contributed by atoms with E-state index >= 15 is 0 Å². The molecule has 5 N–H and O–H groups in total. The Balaban J connectivity index is 2.34. The molecule has 110 valence electrons. The van der Waals surface area contributed by atoms with Crippen molar-refractivity contribution in [2.75, 3.05) is 6.54 Å². The average molecular weight is 284 g/mol. The second-order valence-corrected chi connectivity index (χ2v) is 4.05. The number of aryl methyl sites for hydroxylation is 1. The summed E-state index contributed by atoms with van der Waals surface area (Å²) in [6.45, 7) is 0.235. The Morgan fingerprint density at radius 3 is 2.70 bits per heavy atom. The zero-order valence-corrected chi connectivity index (χ0v) is 10.9. The molecule has 0 spiro atoms. The monoisotopic (exact) mass is 284 g/mol. The van der Waals surface area contributed by atoms with Crippen LogP contribution in [-0.2, 0) is 23.1 Å². The fourth-order valence-electron chi connectivity index (χ4n) is 1.40. The minimum absolute atomic E-state index is 0.235. The smallest absolute Gasteiger partial charge is 0.326 e. The third-order valence-corrected chi connectivity index (χ3v) is 2.29. The predicted molar refractivity (Wildman–Crippen MR) is 66.5 cm³/mol. The Morgan fingerprint density at radius 1 is 1.50 bits per heavy atom. The lowest BCUT2D eigenvalue weighted by atomic mass is 10.2. The van der Waals surface area contributed by atoms with E-state index in [4.69, 9.17) is 10.8 Å². The highest BCUT2D eigenvalue weighted by atomic mass is 16.4. The summed E-state index contributed by atoms with van der Waals surface area (Å²) in [6, 6.07) is -2.05. The third kappa shape index (κ3) is 5.33. The molecule has 0 aromatic carbocycles. The SMILES string of the molecule is Cn1cnc(CCNC(=O)NC(CC(N)=O)C(=O)O)n1. The summed E-state index contributed by atoms with van der Waals surface area (Å²) in [5, 5.41) is 17.4. The molecule has 1 atom stereocenters. The van der Waals surface area contributed by atoms with Crippen molar-refractivity contribution in [3.05, 3.63) is 12.2 Å². The van der Waals surface area contributed by atoms with Gasteiger partial charge in [-0.05, 0) is 0 Å². The first-order chi connectivity index (χ1) is 9.38. The van der Waals surface area contributed by atoms with Gasteiger partial charge in [0.2, 0.25) is 5.91 Å². The van der Waals surface area contributed by atoms with Crippen molar-refractivity contribution in [1.82, 2.24) is 25.4 Å². The molecule has 0 bridgehead atoms. The van der Waals surface area contributed by atoms with Crippen molar-refractivity contribution in [2.24, 2.45) is 12.8 Å². The number of hydrogen-bond donors (Lipinski definition) is 4.